The van der Waals surface area contributed by atoms with Crippen LogP contribution < -0.4 is 0 Å². The largest absolute Gasteiger partial charge is 0.462 e. The number of hydrogen-bond acceptors (Lipinski definition) is 8. The Morgan fingerprint density at radius 1 is 0.816 bits per heavy atom. The smallest absolute Gasteiger partial charge is 0.324 e. The minimum atomic E-state index is -1.42. The fraction of sp³-hybridized carbons (Fsp3) is 0.767. The second-order valence-corrected chi connectivity index (χ2v) is 14.5. The van der Waals surface area contributed by atoms with Crippen LogP contribution in [-0.2, 0) is 38.2 Å². The molecule has 5 saturated carbocycles. The molecule has 5 fully saturated rings. The Morgan fingerprint density at radius 3 is 1.92 bits per heavy atom. The molecule has 6 bridgehead atoms. The van der Waals surface area contributed by atoms with Gasteiger partial charge in [0.05, 0.1) is 5.92 Å². The monoisotopic (exact) mass is 526 g/mol. The molecule has 206 valence electrons. The number of Topliss-reactive ketones (excluding diaryl/α,β-unsaturated/α-hetero) is 2. The minimum absolute atomic E-state index is 0.0461. The molecule has 10 unspecified atom stereocenters. The van der Waals surface area contributed by atoms with Crippen LogP contribution in [0.1, 0.15) is 67.2 Å². The normalized spacial score (nSPS) is 41.5. The Balaban J connectivity index is 1.17. The number of fused-ring (bicyclic) bond motifs is 11. The number of rotatable bonds is 4. The zero-order valence-corrected chi connectivity index (χ0v) is 23.0. The summed E-state index contributed by atoms with van der Waals surface area (Å²) in [6.07, 6.45) is 5.07. The van der Waals surface area contributed by atoms with Crippen molar-refractivity contribution in [2.75, 3.05) is 0 Å². The van der Waals surface area contributed by atoms with Crippen LogP contribution >= 0.6 is 0 Å². The summed E-state index contributed by atoms with van der Waals surface area (Å²) >= 11 is 0. The summed E-state index contributed by atoms with van der Waals surface area (Å²) < 4.78 is 17.5. The maximum Gasteiger partial charge on any atom is 0.324 e. The first-order valence-corrected chi connectivity index (χ1v) is 14.1. The number of ketones is 2. The number of carbonyl (C=O) groups excluding carboxylic acids is 5. The van der Waals surface area contributed by atoms with E-state index in [9.17, 15) is 24.0 Å². The van der Waals surface area contributed by atoms with E-state index in [4.69, 9.17) is 14.2 Å². The van der Waals surface area contributed by atoms with Crippen molar-refractivity contribution in [1.82, 2.24) is 0 Å². The van der Waals surface area contributed by atoms with Crippen LogP contribution in [0.3, 0.4) is 0 Å². The summed E-state index contributed by atoms with van der Waals surface area (Å²) in [6.45, 7) is 10.6. The van der Waals surface area contributed by atoms with Crippen LogP contribution in [0.2, 0.25) is 0 Å². The number of carbonyl (C=O) groups is 5. The van der Waals surface area contributed by atoms with E-state index in [1.165, 1.54) is 0 Å². The van der Waals surface area contributed by atoms with E-state index < -0.39 is 46.5 Å². The molecule has 0 aromatic rings. The molecule has 0 aliphatic heterocycles. The Bertz CT molecular complexity index is 1120. The zero-order valence-electron chi connectivity index (χ0n) is 23.0. The molecule has 8 nitrogen and oxygen atoms in total. The van der Waals surface area contributed by atoms with E-state index in [1.54, 1.807) is 41.5 Å². The number of esters is 3. The van der Waals surface area contributed by atoms with Crippen molar-refractivity contribution < 1.29 is 38.2 Å². The summed E-state index contributed by atoms with van der Waals surface area (Å²) in [7, 11) is 0. The summed E-state index contributed by atoms with van der Waals surface area (Å²) in [4.78, 5) is 66.1. The second kappa shape index (κ2) is 8.01. The first kappa shape index (κ1) is 25.8. The lowest BCUT2D eigenvalue weighted by molar-refractivity contribution is -0.192. The molecule has 0 heterocycles. The van der Waals surface area contributed by atoms with E-state index in [0.29, 0.717) is 19.3 Å². The molecule has 10 atom stereocenters. The van der Waals surface area contributed by atoms with Gasteiger partial charge in [-0.3, -0.25) is 24.0 Å². The highest BCUT2D eigenvalue weighted by molar-refractivity contribution is 6.02. The van der Waals surface area contributed by atoms with E-state index in [-0.39, 0.29) is 65.4 Å². The maximum atomic E-state index is 13.5. The molecule has 38 heavy (non-hydrogen) atoms. The van der Waals surface area contributed by atoms with Crippen molar-refractivity contribution in [3.8, 4) is 0 Å². The standard InChI is InChI=1S/C30H38O8/c1-28(2,3)37-26(34)30(27(35)38-29(4,5)6)12-13-9-14(30)10-19(13)36-25(33)18-11-17-20-15-7-8-16(23(15)31)21(20)22(18)24(17)32/h7-8,13-22H,9-12H2,1-6H3. The first-order valence-electron chi connectivity index (χ1n) is 14.1. The van der Waals surface area contributed by atoms with E-state index in [0.717, 1.165) is 0 Å². The van der Waals surface area contributed by atoms with Crippen molar-refractivity contribution in [2.24, 2.45) is 58.7 Å². The molecule has 6 rings (SSSR count). The first-order chi connectivity index (χ1) is 17.6. The second-order valence-electron chi connectivity index (χ2n) is 14.5. The Labute approximate surface area is 223 Å². The molecular formula is C30H38O8. The molecule has 8 heteroatoms. The summed E-state index contributed by atoms with van der Waals surface area (Å²) in [5.41, 5.74) is -2.94. The van der Waals surface area contributed by atoms with E-state index in [2.05, 4.69) is 0 Å². The van der Waals surface area contributed by atoms with Gasteiger partial charge in [0, 0.05) is 23.7 Å². The highest BCUT2D eigenvalue weighted by Crippen LogP contribution is 2.65. The number of ether oxygens (including phenoxy) is 3. The van der Waals surface area contributed by atoms with Gasteiger partial charge in [0.2, 0.25) is 0 Å². The van der Waals surface area contributed by atoms with Crippen LogP contribution in [0.25, 0.3) is 0 Å². The molecule has 0 aromatic carbocycles. The summed E-state index contributed by atoms with van der Waals surface area (Å²) in [6, 6.07) is 0. The van der Waals surface area contributed by atoms with Crippen molar-refractivity contribution >= 4 is 29.5 Å². The number of hydrogen-bond donors (Lipinski definition) is 0. The van der Waals surface area contributed by atoms with Crippen molar-refractivity contribution in [2.45, 2.75) is 84.5 Å². The van der Waals surface area contributed by atoms with E-state index in [1.807, 2.05) is 12.2 Å². The molecule has 0 amide bonds. The van der Waals surface area contributed by atoms with Gasteiger partial charge in [0.1, 0.15) is 28.9 Å². The van der Waals surface area contributed by atoms with Gasteiger partial charge in [-0.1, -0.05) is 12.2 Å². The topological polar surface area (TPSA) is 113 Å². The van der Waals surface area contributed by atoms with Gasteiger partial charge in [0.15, 0.2) is 5.41 Å². The van der Waals surface area contributed by atoms with Gasteiger partial charge in [-0.05, 0) is 90.9 Å². The SMILES string of the molecule is CC(C)(C)OC(=O)C1(C(=O)OC(C)(C)C)CC2CC1CC2OC(=O)C1CC2C(=O)C1C1C3C=CC(C3=O)C21. The van der Waals surface area contributed by atoms with Gasteiger partial charge in [-0.25, -0.2) is 0 Å². The van der Waals surface area contributed by atoms with Crippen LogP contribution in [0, 0.1) is 58.7 Å². The van der Waals surface area contributed by atoms with Gasteiger partial charge < -0.3 is 14.2 Å². The third-order valence-electron chi connectivity index (χ3n) is 9.98. The maximum absolute atomic E-state index is 13.5. The molecule has 0 spiro atoms. The van der Waals surface area contributed by atoms with Gasteiger partial charge in [-0.15, -0.1) is 0 Å². The third-order valence-corrected chi connectivity index (χ3v) is 9.98. The van der Waals surface area contributed by atoms with Crippen LogP contribution in [0.4, 0.5) is 0 Å². The summed E-state index contributed by atoms with van der Waals surface area (Å²) in [5, 5.41) is 0. The average molecular weight is 527 g/mol. The molecule has 0 saturated heterocycles. The molecule has 6 aliphatic rings. The van der Waals surface area contributed by atoms with Crippen molar-refractivity contribution in [3.63, 3.8) is 0 Å². The fourth-order valence-corrected chi connectivity index (χ4v) is 8.76. The molecule has 0 aromatic heterocycles. The van der Waals surface area contributed by atoms with Gasteiger partial charge in [-0.2, -0.15) is 0 Å². The highest BCUT2D eigenvalue weighted by Gasteiger charge is 2.71. The Hall–Kier alpha value is -2.51. The Morgan fingerprint density at radius 2 is 1.39 bits per heavy atom. The minimum Gasteiger partial charge on any atom is -0.462 e. The molecule has 0 N–H and O–H groups in total. The quantitative estimate of drug-likeness (QED) is 0.180. The third kappa shape index (κ3) is 3.57. The lowest BCUT2D eigenvalue weighted by atomic mass is 9.69. The molecular weight excluding hydrogens is 488 g/mol. The van der Waals surface area contributed by atoms with E-state index >= 15 is 0 Å². The predicted molar refractivity (Wildman–Crippen MR) is 133 cm³/mol. The lowest BCUT2D eigenvalue weighted by Gasteiger charge is -2.39. The Kier molecular flexibility index (Phi) is 5.43. The van der Waals surface area contributed by atoms with Crippen LogP contribution in [-0.4, -0.2) is 46.8 Å². The summed E-state index contributed by atoms with van der Waals surface area (Å²) in [5.74, 6) is -3.36. The molecule has 6 aliphatic carbocycles. The fourth-order valence-electron chi connectivity index (χ4n) is 8.76. The predicted octanol–water partition coefficient (Wildman–Crippen LogP) is 3.45. The van der Waals surface area contributed by atoms with Crippen molar-refractivity contribution in [3.05, 3.63) is 12.2 Å². The lowest BCUT2D eigenvalue weighted by Crippen LogP contribution is -2.51. The number of allylic oxidation sites excluding steroid dienone is 2. The average Bonchev–Trinajstić information content (AvgIpc) is 3.61. The van der Waals surface area contributed by atoms with Crippen LogP contribution in [0.5, 0.6) is 0 Å². The highest BCUT2D eigenvalue weighted by atomic mass is 16.6. The van der Waals surface area contributed by atoms with Crippen LogP contribution in [0.15, 0.2) is 12.2 Å². The van der Waals surface area contributed by atoms with Gasteiger partial charge in [0.25, 0.3) is 0 Å². The zero-order chi connectivity index (χ0) is 27.5. The van der Waals surface area contributed by atoms with Crippen molar-refractivity contribution in [1.29, 1.82) is 0 Å². The molecule has 0 radical (unpaired) electrons. The van der Waals surface area contributed by atoms with Gasteiger partial charge >= 0.3 is 17.9 Å².